The summed E-state index contributed by atoms with van der Waals surface area (Å²) in [6.45, 7) is 6.57. The summed E-state index contributed by atoms with van der Waals surface area (Å²) < 4.78 is 43.4. The van der Waals surface area contributed by atoms with Crippen LogP contribution in [0.1, 0.15) is 39.2 Å². The van der Waals surface area contributed by atoms with Gasteiger partial charge < -0.3 is 20.7 Å². The minimum absolute atomic E-state index is 0.0261. The van der Waals surface area contributed by atoms with Gasteiger partial charge in [-0.3, -0.25) is 0 Å². The summed E-state index contributed by atoms with van der Waals surface area (Å²) >= 11 is 0. The number of amides is 1. The Morgan fingerprint density at radius 3 is 2.32 bits per heavy atom. The van der Waals surface area contributed by atoms with Crippen LogP contribution in [0.4, 0.5) is 29.3 Å². The Hall–Kier alpha value is -2.12. The number of benzene rings is 1. The fraction of sp³-hybridized carbons (Fsp3) is 0.588. The van der Waals surface area contributed by atoms with E-state index in [1.807, 2.05) is 4.90 Å². The van der Waals surface area contributed by atoms with Crippen molar-refractivity contribution in [3.63, 3.8) is 0 Å². The maximum atomic E-state index is 12.7. The van der Waals surface area contributed by atoms with Crippen LogP contribution < -0.4 is 16.0 Å². The highest BCUT2D eigenvalue weighted by Crippen LogP contribution is 2.34. The van der Waals surface area contributed by atoms with Gasteiger partial charge >= 0.3 is 12.3 Å². The van der Waals surface area contributed by atoms with Crippen molar-refractivity contribution < 1.29 is 22.7 Å². The number of hydrogen-bond donors (Lipinski definition) is 2. The number of nitrogens with two attached hydrogens (primary N) is 1. The van der Waals surface area contributed by atoms with Crippen molar-refractivity contribution in [3.05, 3.63) is 23.8 Å². The average Bonchev–Trinajstić information content (AvgIpc) is 2.45. The molecule has 3 N–H and O–H groups in total. The monoisotopic (exact) mass is 359 g/mol. The van der Waals surface area contributed by atoms with E-state index < -0.39 is 23.4 Å². The molecule has 2 rings (SSSR count). The summed E-state index contributed by atoms with van der Waals surface area (Å²) in [5.41, 5.74) is 5.18. The molecule has 0 atom stereocenters. The summed E-state index contributed by atoms with van der Waals surface area (Å²) in [5.74, 6) is 0. The van der Waals surface area contributed by atoms with Crippen molar-refractivity contribution in [2.45, 2.75) is 51.4 Å². The molecule has 1 heterocycles. The van der Waals surface area contributed by atoms with Crippen LogP contribution in [0.3, 0.4) is 0 Å². The van der Waals surface area contributed by atoms with E-state index in [-0.39, 0.29) is 11.7 Å². The highest BCUT2D eigenvalue weighted by atomic mass is 19.4. The molecule has 1 aromatic rings. The number of ether oxygens (including phenoxy) is 1. The lowest BCUT2D eigenvalue weighted by Gasteiger charge is -2.35. The predicted molar refractivity (Wildman–Crippen MR) is 90.5 cm³/mol. The number of nitrogen functional groups attached to an aromatic ring is 1. The quantitative estimate of drug-likeness (QED) is 0.789. The van der Waals surface area contributed by atoms with Crippen molar-refractivity contribution in [1.82, 2.24) is 5.32 Å². The van der Waals surface area contributed by atoms with Gasteiger partial charge in [0, 0.05) is 19.1 Å². The van der Waals surface area contributed by atoms with E-state index in [1.54, 1.807) is 20.8 Å². The molecule has 0 spiro atoms. The van der Waals surface area contributed by atoms with Gasteiger partial charge in [-0.25, -0.2) is 4.79 Å². The second kappa shape index (κ2) is 7.01. The van der Waals surface area contributed by atoms with Crippen LogP contribution >= 0.6 is 0 Å². The Morgan fingerprint density at radius 1 is 1.24 bits per heavy atom. The molecule has 1 aliphatic heterocycles. The molecule has 0 aromatic heterocycles. The number of hydrogen-bond acceptors (Lipinski definition) is 4. The average molecular weight is 359 g/mol. The standard InChI is InChI=1S/C17H24F3N3O2/c1-16(2,3)25-15(24)22-12-6-8-23(9-7-12)14-5-4-11(10-13(14)21)17(18,19)20/h4-5,10,12H,6-9,21H2,1-3H3,(H,22,24). The van der Waals surface area contributed by atoms with E-state index in [2.05, 4.69) is 5.32 Å². The molecule has 25 heavy (non-hydrogen) atoms. The molecular formula is C17H24F3N3O2. The minimum Gasteiger partial charge on any atom is -0.444 e. The van der Waals surface area contributed by atoms with Crippen molar-refractivity contribution in [2.24, 2.45) is 0 Å². The fourth-order valence-electron chi connectivity index (χ4n) is 2.76. The number of nitrogens with one attached hydrogen (secondary N) is 1. The molecule has 140 valence electrons. The number of carbonyl (C=O) groups excluding carboxylic acids is 1. The largest absolute Gasteiger partial charge is 0.444 e. The molecule has 1 aliphatic rings. The molecule has 0 radical (unpaired) electrons. The van der Waals surface area contributed by atoms with Gasteiger partial charge in [-0.05, 0) is 51.8 Å². The van der Waals surface area contributed by atoms with Crippen LogP contribution in [0.25, 0.3) is 0 Å². The SMILES string of the molecule is CC(C)(C)OC(=O)NC1CCN(c2ccc(C(F)(F)F)cc2N)CC1. The van der Waals surface area contributed by atoms with E-state index in [0.29, 0.717) is 31.6 Å². The molecule has 8 heteroatoms. The third-order valence-electron chi connectivity index (χ3n) is 3.91. The molecular weight excluding hydrogens is 335 g/mol. The second-order valence-corrected chi connectivity index (χ2v) is 7.18. The molecule has 1 aromatic carbocycles. The topological polar surface area (TPSA) is 67.6 Å². The number of carbonyl (C=O) groups is 1. The van der Waals surface area contributed by atoms with Crippen LogP contribution in [0.15, 0.2) is 18.2 Å². The Kier molecular flexibility index (Phi) is 5.39. The van der Waals surface area contributed by atoms with Gasteiger partial charge in [0.25, 0.3) is 0 Å². The van der Waals surface area contributed by atoms with Crippen LogP contribution in [0.2, 0.25) is 0 Å². The smallest absolute Gasteiger partial charge is 0.416 e. The van der Waals surface area contributed by atoms with E-state index in [1.165, 1.54) is 6.07 Å². The van der Waals surface area contributed by atoms with Crippen molar-refractivity contribution in [3.8, 4) is 0 Å². The summed E-state index contributed by atoms with van der Waals surface area (Å²) in [6.07, 6.45) is -3.53. The zero-order chi connectivity index (χ0) is 18.8. The summed E-state index contributed by atoms with van der Waals surface area (Å²) in [7, 11) is 0. The first-order valence-corrected chi connectivity index (χ1v) is 8.17. The number of alkyl carbamates (subject to hydrolysis) is 1. The van der Waals surface area contributed by atoms with Crippen LogP contribution in [0.5, 0.6) is 0 Å². The third-order valence-corrected chi connectivity index (χ3v) is 3.91. The molecule has 0 saturated carbocycles. The molecule has 0 aliphatic carbocycles. The van der Waals surface area contributed by atoms with Crippen molar-refractivity contribution in [2.75, 3.05) is 23.7 Å². The first kappa shape index (κ1) is 19.2. The Bertz CT molecular complexity index is 619. The highest BCUT2D eigenvalue weighted by Gasteiger charge is 2.31. The molecule has 1 saturated heterocycles. The first-order valence-electron chi connectivity index (χ1n) is 8.17. The number of rotatable bonds is 2. The number of halogens is 3. The Balaban J connectivity index is 1.93. The van der Waals surface area contributed by atoms with E-state index in [4.69, 9.17) is 10.5 Å². The zero-order valence-electron chi connectivity index (χ0n) is 14.6. The fourth-order valence-corrected chi connectivity index (χ4v) is 2.76. The summed E-state index contributed by atoms with van der Waals surface area (Å²) in [5, 5.41) is 2.82. The first-order chi connectivity index (χ1) is 11.5. The lowest BCUT2D eigenvalue weighted by atomic mass is 10.0. The van der Waals surface area contributed by atoms with Gasteiger partial charge in [0.2, 0.25) is 0 Å². The van der Waals surface area contributed by atoms with Crippen LogP contribution in [-0.4, -0.2) is 30.8 Å². The maximum absolute atomic E-state index is 12.7. The number of piperidine rings is 1. The van der Waals surface area contributed by atoms with Gasteiger partial charge in [-0.1, -0.05) is 0 Å². The van der Waals surface area contributed by atoms with E-state index >= 15 is 0 Å². The van der Waals surface area contributed by atoms with E-state index in [9.17, 15) is 18.0 Å². The predicted octanol–water partition coefficient (Wildman–Crippen LogP) is 3.78. The lowest BCUT2D eigenvalue weighted by Crippen LogP contribution is -2.46. The van der Waals surface area contributed by atoms with Crippen LogP contribution in [-0.2, 0) is 10.9 Å². The Morgan fingerprint density at radius 2 is 1.84 bits per heavy atom. The second-order valence-electron chi connectivity index (χ2n) is 7.18. The minimum atomic E-state index is -4.41. The number of anilines is 2. The zero-order valence-corrected chi connectivity index (χ0v) is 14.6. The summed E-state index contributed by atoms with van der Waals surface area (Å²) in [6, 6.07) is 3.37. The summed E-state index contributed by atoms with van der Waals surface area (Å²) in [4.78, 5) is 13.7. The van der Waals surface area contributed by atoms with Gasteiger partial charge in [-0.2, -0.15) is 13.2 Å². The van der Waals surface area contributed by atoms with Crippen LogP contribution in [0, 0.1) is 0 Å². The highest BCUT2D eigenvalue weighted by molar-refractivity contribution is 5.70. The van der Waals surface area contributed by atoms with Gasteiger partial charge in [-0.15, -0.1) is 0 Å². The molecule has 1 fully saturated rings. The van der Waals surface area contributed by atoms with E-state index in [0.717, 1.165) is 12.1 Å². The Labute approximate surface area is 145 Å². The van der Waals surface area contributed by atoms with Crippen molar-refractivity contribution >= 4 is 17.5 Å². The maximum Gasteiger partial charge on any atom is 0.416 e. The normalized spacial score (nSPS) is 16.6. The van der Waals surface area contributed by atoms with Gasteiger partial charge in [0.1, 0.15) is 5.60 Å². The molecule has 0 bridgehead atoms. The third kappa shape index (κ3) is 5.44. The molecule has 0 unspecified atom stereocenters. The number of alkyl halides is 3. The molecule has 5 nitrogen and oxygen atoms in total. The van der Waals surface area contributed by atoms with Gasteiger partial charge in [0.15, 0.2) is 0 Å². The number of nitrogens with zero attached hydrogens (tertiary/aromatic N) is 1. The lowest BCUT2D eigenvalue weighted by molar-refractivity contribution is -0.137. The van der Waals surface area contributed by atoms with Gasteiger partial charge in [0.05, 0.1) is 16.9 Å². The van der Waals surface area contributed by atoms with Crippen molar-refractivity contribution in [1.29, 1.82) is 0 Å². The molecule has 1 amide bonds.